The van der Waals surface area contributed by atoms with Gasteiger partial charge in [-0.1, -0.05) is 11.6 Å². The van der Waals surface area contributed by atoms with Gasteiger partial charge in [-0.3, -0.25) is 4.90 Å². The van der Waals surface area contributed by atoms with Crippen LogP contribution in [-0.2, 0) is 6.18 Å². The zero-order chi connectivity index (χ0) is 16.3. The normalized spacial score (nSPS) is 11.1. The lowest BCUT2D eigenvalue weighted by atomic mass is 10.2. The molecular formula is C15H12ClF3N2O. The molecule has 2 aromatic carbocycles. The van der Waals surface area contributed by atoms with Crippen molar-refractivity contribution in [2.24, 2.45) is 0 Å². The third-order valence-electron chi connectivity index (χ3n) is 2.98. The predicted octanol–water partition coefficient (Wildman–Crippen LogP) is 5.03. The molecule has 2 amide bonds. The Kier molecular flexibility index (Phi) is 4.61. The maximum atomic E-state index is 12.5. The maximum Gasteiger partial charge on any atom is 0.416 e. The SMILES string of the molecule is CN(C(=O)Nc1ccc(C(F)(F)F)cc1)c1ccc(Cl)cc1. The van der Waals surface area contributed by atoms with Gasteiger partial charge in [0.05, 0.1) is 5.56 Å². The van der Waals surface area contributed by atoms with Crippen LogP contribution in [0.5, 0.6) is 0 Å². The number of halogens is 4. The van der Waals surface area contributed by atoms with Crippen molar-refractivity contribution >= 4 is 29.0 Å². The molecule has 3 nitrogen and oxygen atoms in total. The van der Waals surface area contributed by atoms with Crippen LogP contribution in [0.25, 0.3) is 0 Å². The Hall–Kier alpha value is -2.21. The molecule has 0 bridgehead atoms. The summed E-state index contributed by atoms with van der Waals surface area (Å²) in [6.07, 6.45) is -4.40. The molecule has 0 aliphatic rings. The number of anilines is 2. The van der Waals surface area contributed by atoms with Crippen LogP contribution in [0.15, 0.2) is 48.5 Å². The number of rotatable bonds is 2. The van der Waals surface area contributed by atoms with E-state index in [1.807, 2.05) is 0 Å². The first-order valence-corrected chi connectivity index (χ1v) is 6.63. The Labute approximate surface area is 130 Å². The summed E-state index contributed by atoms with van der Waals surface area (Å²) in [6, 6.07) is 10.4. The van der Waals surface area contributed by atoms with E-state index >= 15 is 0 Å². The molecule has 0 radical (unpaired) electrons. The highest BCUT2D eigenvalue weighted by Crippen LogP contribution is 2.29. The van der Waals surface area contributed by atoms with E-state index in [1.165, 1.54) is 17.0 Å². The number of carbonyl (C=O) groups is 1. The summed E-state index contributed by atoms with van der Waals surface area (Å²) in [7, 11) is 1.54. The van der Waals surface area contributed by atoms with Crippen molar-refractivity contribution < 1.29 is 18.0 Å². The molecule has 2 rings (SSSR count). The molecule has 2 aromatic rings. The predicted molar refractivity (Wildman–Crippen MR) is 80.3 cm³/mol. The van der Waals surface area contributed by atoms with Gasteiger partial charge in [0.15, 0.2) is 0 Å². The topological polar surface area (TPSA) is 32.3 Å². The Bertz CT molecular complexity index is 654. The second-order valence-electron chi connectivity index (χ2n) is 4.54. The minimum atomic E-state index is -4.40. The number of carbonyl (C=O) groups excluding carboxylic acids is 1. The second-order valence-corrected chi connectivity index (χ2v) is 4.98. The summed E-state index contributed by atoms with van der Waals surface area (Å²) >= 11 is 5.77. The lowest BCUT2D eigenvalue weighted by Gasteiger charge is -2.18. The monoisotopic (exact) mass is 328 g/mol. The molecule has 116 valence electrons. The van der Waals surface area contributed by atoms with Crippen LogP contribution in [0.3, 0.4) is 0 Å². The van der Waals surface area contributed by atoms with Gasteiger partial charge in [-0.05, 0) is 48.5 Å². The minimum Gasteiger partial charge on any atom is -0.308 e. The Morgan fingerprint density at radius 2 is 1.59 bits per heavy atom. The highest BCUT2D eigenvalue weighted by Gasteiger charge is 2.30. The Morgan fingerprint density at radius 1 is 1.05 bits per heavy atom. The van der Waals surface area contributed by atoms with Crippen molar-refractivity contribution in [1.29, 1.82) is 0 Å². The van der Waals surface area contributed by atoms with E-state index in [-0.39, 0.29) is 5.69 Å². The van der Waals surface area contributed by atoms with Crippen LogP contribution < -0.4 is 10.2 Å². The number of hydrogen-bond donors (Lipinski definition) is 1. The summed E-state index contributed by atoms with van der Waals surface area (Å²) in [5.74, 6) is 0. The largest absolute Gasteiger partial charge is 0.416 e. The summed E-state index contributed by atoms with van der Waals surface area (Å²) in [4.78, 5) is 13.4. The number of hydrogen-bond acceptors (Lipinski definition) is 1. The van der Waals surface area contributed by atoms with Crippen molar-refractivity contribution in [2.45, 2.75) is 6.18 Å². The van der Waals surface area contributed by atoms with Crippen LogP contribution >= 0.6 is 11.6 Å². The van der Waals surface area contributed by atoms with E-state index in [9.17, 15) is 18.0 Å². The van der Waals surface area contributed by atoms with Crippen molar-refractivity contribution in [3.05, 3.63) is 59.1 Å². The van der Waals surface area contributed by atoms with Crippen LogP contribution in [0.4, 0.5) is 29.3 Å². The molecule has 0 saturated carbocycles. The van der Waals surface area contributed by atoms with Gasteiger partial charge in [-0.15, -0.1) is 0 Å². The van der Waals surface area contributed by atoms with Crippen molar-refractivity contribution in [3.8, 4) is 0 Å². The van der Waals surface area contributed by atoms with E-state index in [1.54, 1.807) is 31.3 Å². The second kappa shape index (κ2) is 6.27. The molecule has 0 aliphatic heterocycles. The molecule has 1 N–H and O–H groups in total. The molecule has 0 fully saturated rings. The third kappa shape index (κ3) is 3.92. The molecule has 0 unspecified atom stereocenters. The van der Waals surface area contributed by atoms with Gasteiger partial charge >= 0.3 is 12.2 Å². The van der Waals surface area contributed by atoms with Gasteiger partial charge in [0.2, 0.25) is 0 Å². The standard InChI is InChI=1S/C15H12ClF3N2O/c1-21(13-8-4-11(16)5-9-13)14(22)20-12-6-2-10(3-7-12)15(17,18)19/h2-9H,1H3,(H,20,22). The number of nitrogens with zero attached hydrogens (tertiary/aromatic N) is 1. The zero-order valence-corrected chi connectivity index (χ0v) is 12.2. The molecule has 0 aliphatic carbocycles. The number of alkyl halides is 3. The zero-order valence-electron chi connectivity index (χ0n) is 11.5. The molecular weight excluding hydrogens is 317 g/mol. The highest BCUT2D eigenvalue weighted by atomic mass is 35.5. The van der Waals surface area contributed by atoms with Crippen LogP contribution in [0.2, 0.25) is 5.02 Å². The molecule has 0 heterocycles. The third-order valence-corrected chi connectivity index (χ3v) is 3.23. The number of urea groups is 1. The van der Waals surface area contributed by atoms with E-state index in [2.05, 4.69) is 5.32 Å². The Morgan fingerprint density at radius 3 is 2.09 bits per heavy atom. The molecule has 7 heteroatoms. The lowest BCUT2D eigenvalue weighted by Crippen LogP contribution is -2.31. The first-order valence-electron chi connectivity index (χ1n) is 6.25. The van der Waals surface area contributed by atoms with Crippen molar-refractivity contribution in [2.75, 3.05) is 17.3 Å². The van der Waals surface area contributed by atoms with Crippen molar-refractivity contribution in [1.82, 2.24) is 0 Å². The molecule has 0 aromatic heterocycles. The molecule has 0 spiro atoms. The lowest BCUT2D eigenvalue weighted by molar-refractivity contribution is -0.137. The van der Waals surface area contributed by atoms with Crippen LogP contribution in [0.1, 0.15) is 5.56 Å². The average Bonchev–Trinajstić information content (AvgIpc) is 2.47. The smallest absolute Gasteiger partial charge is 0.308 e. The van der Waals surface area contributed by atoms with Gasteiger partial charge in [0.1, 0.15) is 0 Å². The van der Waals surface area contributed by atoms with Crippen molar-refractivity contribution in [3.63, 3.8) is 0 Å². The van der Waals surface area contributed by atoms with Gasteiger partial charge in [0.25, 0.3) is 0 Å². The van der Waals surface area contributed by atoms with E-state index in [0.717, 1.165) is 12.1 Å². The fourth-order valence-corrected chi connectivity index (χ4v) is 1.86. The summed E-state index contributed by atoms with van der Waals surface area (Å²) in [5, 5.41) is 3.06. The quantitative estimate of drug-likeness (QED) is 0.824. The van der Waals surface area contributed by atoms with Gasteiger partial charge < -0.3 is 5.32 Å². The van der Waals surface area contributed by atoms with Crippen LogP contribution in [0, 0.1) is 0 Å². The van der Waals surface area contributed by atoms with E-state index in [4.69, 9.17) is 11.6 Å². The fourth-order valence-electron chi connectivity index (χ4n) is 1.73. The number of amides is 2. The summed E-state index contributed by atoms with van der Waals surface area (Å²) < 4.78 is 37.4. The average molecular weight is 329 g/mol. The molecule has 0 atom stereocenters. The first kappa shape index (κ1) is 16.2. The molecule has 22 heavy (non-hydrogen) atoms. The van der Waals surface area contributed by atoms with E-state index < -0.39 is 17.8 Å². The Balaban J connectivity index is 2.06. The molecule has 0 saturated heterocycles. The minimum absolute atomic E-state index is 0.277. The first-order chi connectivity index (χ1) is 10.3. The summed E-state index contributed by atoms with van der Waals surface area (Å²) in [5.41, 5.74) is 0.115. The van der Waals surface area contributed by atoms with Gasteiger partial charge in [-0.25, -0.2) is 4.79 Å². The van der Waals surface area contributed by atoms with Gasteiger partial charge in [0, 0.05) is 23.4 Å². The number of nitrogens with one attached hydrogen (secondary N) is 1. The fraction of sp³-hybridized carbons (Fsp3) is 0.133. The maximum absolute atomic E-state index is 12.5. The van der Waals surface area contributed by atoms with Crippen LogP contribution in [-0.4, -0.2) is 13.1 Å². The van der Waals surface area contributed by atoms with Gasteiger partial charge in [-0.2, -0.15) is 13.2 Å². The highest BCUT2D eigenvalue weighted by molar-refractivity contribution is 6.30. The number of benzene rings is 2. The van der Waals surface area contributed by atoms with E-state index in [0.29, 0.717) is 10.7 Å². The summed E-state index contributed by atoms with van der Waals surface area (Å²) in [6.45, 7) is 0.